The molecular formula is C50H54N2. The third-order valence-corrected chi connectivity index (χ3v) is 13.3. The van der Waals surface area contributed by atoms with Crippen LogP contribution in [-0.2, 0) is 29.1 Å². The Hall–Kier alpha value is -4.30. The molecule has 4 aromatic heterocycles. The smallest absolute Gasteiger partial charge is 0.0620 e. The molecule has 1 aliphatic rings. The molecule has 0 amide bonds. The minimum atomic E-state index is 0.0307. The molecule has 4 heterocycles. The van der Waals surface area contributed by atoms with Crippen LogP contribution in [0, 0.1) is 11.3 Å². The van der Waals surface area contributed by atoms with Crippen LogP contribution in [0.1, 0.15) is 117 Å². The molecule has 0 fully saturated rings. The maximum atomic E-state index is 2.69. The summed E-state index contributed by atoms with van der Waals surface area (Å²) < 4.78 is 5.26. The van der Waals surface area contributed by atoms with Gasteiger partial charge < -0.3 is 8.80 Å². The van der Waals surface area contributed by atoms with E-state index in [1.54, 1.807) is 11.3 Å². The largest absolute Gasteiger partial charge is 0.312 e. The quantitative estimate of drug-likeness (QED) is 0.151. The van der Waals surface area contributed by atoms with E-state index in [0.717, 1.165) is 6.42 Å². The van der Waals surface area contributed by atoms with Crippen LogP contribution in [0.3, 0.4) is 0 Å². The zero-order valence-electron chi connectivity index (χ0n) is 33.4. The summed E-state index contributed by atoms with van der Waals surface area (Å²) in [4.78, 5) is 0. The van der Waals surface area contributed by atoms with E-state index in [-0.39, 0.29) is 16.2 Å². The van der Waals surface area contributed by atoms with Crippen molar-refractivity contribution in [2.75, 3.05) is 0 Å². The Morgan fingerprint density at radius 3 is 1.50 bits per heavy atom. The van der Waals surface area contributed by atoms with E-state index in [1.807, 2.05) is 0 Å². The van der Waals surface area contributed by atoms with Gasteiger partial charge in [0.15, 0.2) is 0 Å². The van der Waals surface area contributed by atoms with Crippen molar-refractivity contribution >= 4 is 76.1 Å². The molecular weight excluding hydrogens is 629 g/mol. The summed E-state index contributed by atoms with van der Waals surface area (Å²) in [5.41, 5.74) is 14.7. The van der Waals surface area contributed by atoms with Crippen molar-refractivity contribution in [2.45, 2.75) is 119 Å². The molecule has 0 N–H and O–H groups in total. The summed E-state index contributed by atoms with van der Waals surface area (Å²) in [6.07, 6.45) is 3.58. The van der Waals surface area contributed by atoms with E-state index in [4.69, 9.17) is 0 Å². The number of rotatable bonds is 0. The molecule has 2 heteroatoms. The zero-order valence-corrected chi connectivity index (χ0v) is 33.4. The molecule has 10 rings (SSSR count). The molecule has 0 saturated heterocycles. The van der Waals surface area contributed by atoms with E-state index in [0.29, 0.717) is 11.3 Å². The van der Waals surface area contributed by atoms with Crippen molar-refractivity contribution in [3.63, 3.8) is 0 Å². The predicted octanol–water partition coefficient (Wildman–Crippen LogP) is 14.0. The second-order valence-corrected chi connectivity index (χ2v) is 20.7. The fraction of sp³-hybridized carbons (Fsp3) is 0.400. The van der Waals surface area contributed by atoms with Crippen LogP contribution < -0.4 is 0 Å². The SMILES string of the molecule is CC(C)(C)c1cc2c3c(n4c5ccc6c(ccc7c6c6cc(C(C)(C)C)cc8c9cc(C(C)(C)C)ccc9n7c86)c5c(c1)c24)CCC(C(C)(C)C)C3. The molecule has 2 nitrogen and oxygen atoms in total. The van der Waals surface area contributed by atoms with Crippen LogP contribution in [0.25, 0.3) is 76.1 Å². The van der Waals surface area contributed by atoms with E-state index in [2.05, 4.69) is 159 Å². The summed E-state index contributed by atoms with van der Waals surface area (Å²) in [7, 11) is 0. The van der Waals surface area contributed by atoms with Gasteiger partial charge in [0, 0.05) is 43.4 Å². The van der Waals surface area contributed by atoms with Gasteiger partial charge in [0.25, 0.3) is 0 Å². The summed E-state index contributed by atoms with van der Waals surface area (Å²) in [6.45, 7) is 28.5. The fourth-order valence-electron chi connectivity index (χ4n) is 10.1. The summed E-state index contributed by atoms with van der Waals surface area (Å²) in [5.74, 6) is 0.702. The first kappa shape index (κ1) is 32.4. The topological polar surface area (TPSA) is 8.82 Å². The Morgan fingerprint density at radius 2 is 0.942 bits per heavy atom. The standard InChI is InChI=1S/C50H54N2/c1-47(2,3)27-13-17-39-33(21-27)35-23-29(49(7,8)9)25-37-43-31-16-20-42-44(32(31)15-19-41(43)51(39)45(35)37)38-26-30(50(10,11)12)24-36-34-22-28(48(4,5)6)14-18-40(34)52(42)46(36)38/h13,15-17,19-21,23-26,28H,14,18,22H2,1-12H3. The average molecular weight is 683 g/mol. The summed E-state index contributed by atoms with van der Waals surface area (Å²) >= 11 is 0. The summed E-state index contributed by atoms with van der Waals surface area (Å²) in [6, 6.07) is 27.1. The van der Waals surface area contributed by atoms with E-state index in [9.17, 15) is 0 Å². The van der Waals surface area contributed by atoms with E-state index >= 15 is 0 Å². The van der Waals surface area contributed by atoms with Gasteiger partial charge in [-0.25, -0.2) is 0 Å². The second-order valence-electron chi connectivity index (χ2n) is 20.7. The molecule has 264 valence electrons. The average Bonchev–Trinajstić information content (AvgIpc) is 3.78. The number of aryl methyl sites for hydroxylation is 1. The molecule has 1 atom stereocenters. The molecule has 1 aliphatic carbocycles. The van der Waals surface area contributed by atoms with Crippen LogP contribution in [0.5, 0.6) is 0 Å². The molecule has 0 radical (unpaired) electrons. The van der Waals surface area contributed by atoms with E-state index in [1.165, 1.54) is 106 Å². The highest BCUT2D eigenvalue weighted by molar-refractivity contribution is 6.33. The van der Waals surface area contributed by atoms with Crippen LogP contribution in [-0.4, -0.2) is 8.80 Å². The Kier molecular flexibility index (Phi) is 6.11. The molecule has 5 aromatic carbocycles. The Morgan fingerprint density at radius 1 is 0.462 bits per heavy atom. The molecule has 0 bridgehead atoms. The van der Waals surface area contributed by atoms with Crippen LogP contribution in [0.15, 0.2) is 66.7 Å². The highest BCUT2D eigenvalue weighted by Gasteiger charge is 2.34. The van der Waals surface area contributed by atoms with Gasteiger partial charge in [-0.1, -0.05) is 101 Å². The fourth-order valence-corrected chi connectivity index (χ4v) is 10.1. The number of nitrogens with zero attached hydrogens (tertiary/aromatic N) is 2. The number of benzene rings is 5. The van der Waals surface area contributed by atoms with Gasteiger partial charge in [0.05, 0.1) is 27.6 Å². The minimum absolute atomic E-state index is 0.0307. The minimum Gasteiger partial charge on any atom is -0.312 e. The second kappa shape index (κ2) is 9.81. The maximum Gasteiger partial charge on any atom is 0.0620 e. The Bertz CT molecular complexity index is 2950. The van der Waals surface area contributed by atoms with Crippen LogP contribution >= 0.6 is 0 Å². The van der Waals surface area contributed by atoms with Gasteiger partial charge in [0.2, 0.25) is 0 Å². The number of aromatic nitrogens is 2. The van der Waals surface area contributed by atoms with Crippen LogP contribution in [0.4, 0.5) is 0 Å². The number of fused-ring (bicyclic) bond motifs is 15. The molecule has 9 aromatic rings. The van der Waals surface area contributed by atoms with Gasteiger partial charge >= 0.3 is 0 Å². The van der Waals surface area contributed by atoms with Gasteiger partial charge in [-0.15, -0.1) is 0 Å². The maximum absolute atomic E-state index is 2.69. The number of hydrogen-bond acceptors (Lipinski definition) is 0. The zero-order chi connectivity index (χ0) is 36.6. The highest BCUT2D eigenvalue weighted by Crippen LogP contribution is 2.50. The van der Waals surface area contributed by atoms with Crippen LogP contribution in [0.2, 0.25) is 0 Å². The van der Waals surface area contributed by atoms with Gasteiger partial charge in [-0.3, -0.25) is 0 Å². The van der Waals surface area contributed by atoms with Crippen molar-refractivity contribution in [1.29, 1.82) is 0 Å². The Balaban J connectivity index is 1.36. The normalized spacial score (nSPS) is 16.8. The first-order valence-electron chi connectivity index (χ1n) is 19.8. The first-order valence-corrected chi connectivity index (χ1v) is 19.8. The Labute approximate surface area is 308 Å². The predicted molar refractivity (Wildman–Crippen MR) is 227 cm³/mol. The van der Waals surface area contributed by atoms with E-state index < -0.39 is 0 Å². The van der Waals surface area contributed by atoms with Crippen molar-refractivity contribution in [1.82, 2.24) is 8.80 Å². The molecule has 0 saturated carbocycles. The monoisotopic (exact) mass is 682 g/mol. The lowest BCUT2D eigenvalue weighted by Crippen LogP contribution is -2.27. The van der Waals surface area contributed by atoms with Crippen molar-refractivity contribution < 1.29 is 0 Å². The molecule has 0 spiro atoms. The van der Waals surface area contributed by atoms with Gasteiger partial charge in [-0.2, -0.15) is 0 Å². The lowest BCUT2D eigenvalue weighted by Gasteiger charge is -2.34. The van der Waals surface area contributed by atoms with Crippen molar-refractivity contribution in [3.8, 4) is 0 Å². The van der Waals surface area contributed by atoms with Crippen molar-refractivity contribution in [2.24, 2.45) is 11.3 Å². The third kappa shape index (κ3) is 4.19. The highest BCUT2D eigenvalue weighted by atomic mass is 14.9. The van der Waals surface area contributed by atoms with Gasteiger partial charge in [0.1, 0.15) is 0 Å². The molecule has 1 unspecified atom stereocenters. The molecule has 52 heavy (non-hydrogen) atoms. The summed E-state index contributed by atoms with van der Waals surface area (Å²) in [5, 5.41) is 12.6. The van der Waals surface area contributed by atoms with Crippen molar-refractivity contribution in [3.05, 3.63) is 94.7 Å². The van der Waals surface area contributed by atoms with Gasteiger partial charge in [-0.05, 0) is 128 Å². The first-order chi connectivity index (χ1) is 24.3. The molecule has 0 aliphatic heterocycles. The third-order valence-electron chi connectivity index (χ3n) is 13.3. The lowest BCUT2D eigenvalue weighted by atomic mass is 9.71. The lowest BCUT2D eigenvalue weighted by molar-refractivity contribution is 0.216. The number of hydrogen-bond donors (Lipinski definition) is 0.